The Hall–Kier alpha value is -0.530. The number of halogens is 2. The lowest BCUT2D eigenvalue weighted by Gasteiger charge is -2.00. The molecule has 1 aromatic carbocycles. The molecule has 0 saturated heterocycles. The molecule has 0 aromatic heterocycles. The molecule has 0 unspecified atom stereocenters. The van der Waals surface area contributed by atoms with E-state index >= 15 is 0 Å². The van der Waals surface area contributed by atoms with Gasteiger partial charge in [-0.3, -0.25) is 4.79 Å². The number of rotatable bonds is 2. The first-order chi connectivity index (χ1) is 6.59. The zero-order valence-corrected chi connectivity index (χ0v) is 10.1. The third-order valence-corrected chi connectivity index (χ3v) is 2.04. The van der Waals surface area contributed by atoms with Crippen LogP contribution in [0, 0.1) is 0 Å². The molecule has 1 aromatic rings. The van der Waals surface area contributed by atoms with E-state index in [4.69, 9.17) is 23.2 Å². The second kappa shape index (κ2) is 6.86. The van der Waals surface area contributed by atoms with Crippen LogP contribution in [0.15, 0.2) is 18.2 Å². The highest BCUT2D eigenvalue weighted by Gasteiger charge is 2.02. The zero-order chi connectivity index (χ0) is 11.1. The van der Waals surface area contributed by atoms with Crippen LogP contribution in [0.2, 0.25) is 10.0 Å². The highest BCUT2D eigenvalue weighted by molar-refractivity contribution is 6.35. The van der Waals surface area contributed by atoms with E-state index in [2.05, 4.69) is 0 Å². The lowest BCUT2D eigenvalue weighted by Crippen LogP contribution is -1.96. The molecular weight excluding hydrogens is 219 g/mol. The number of ketones is 1. The molecule has 78 valence electrons. The van der Waals surface area contributed by atoms with Gasteiger partial charge in [0.15, 0.2) is 0 Å². The third-order valence-electron chi connectivity index (χ3n) is 1.45. The van der Waals surface area contributed by atoms with E-state index in [1.807, 2.05) is 13.8 Å². The molecule has 3 heteroatoms. The Balaban J connectivity index is 0.000000791. The van der Waals surface area contributed by atoms with Crippen molar-refractivity contribution in [2.45, 2.75) is 27.2 Å². The summed E-state index contributed by atoms with van der Waals surface area (Å²) in [7, 11) is 0. The number of Topliss-reactive ketones (excluding diaryl/α,β-unsaturated/α-hetero) is 1. The lowest BCUT2D eigenvalue weighted by molar-refractivity contribution is -0.116. The fourth-order valence-corrected chi connectivity index (χ4v) is 1.41. The van der Waals surface area contributed by atoms with Crippen LogP contribution in [0.4, 0.5) is 0 Å². The Kier molecular flexibility index (Phi) is 6.60. The van der Waals surface area contributed by atoms with Crippen molar-refractivity contribution >= 4 is 29.0 Å². The molecule has 14 heavy (non-hydrogen) atoms. The summed E-state index contributed by atoms with van der Waals surface area (Å²) in [4.78, 5) is 10.8. The molecule has 0 N–H and O–H groups in total. The van der Waals surface area contributed by atoms with Gasteiger partial charge in [-0.2, -0.15) is 0 Å². The molecule has 1 nitrogen and oxygen atoms in total. The standard InChI is InChI=1S/C9H8Cl2O.C2H6/c1-6(12)4-7-2-3-8(10)5-9(7)11;1-2/h2-3,5H,4H2,1H3;1-2H3. The van der Waals surface area contributed by atoms with Crippen molar-refractivity contribution in [2.24, 2.45) is 0 Å². The predicted molar refractivity (Wildman–Crippen MR) is 62.2 cm³/mol. The van der Waals surface area contributed by atoms with E-state index in [1.54, 1.807) is 18.2 Å². The average Bonchev–Trinajstić information content (AvgIpc) is 2.13. The molecule has 0 spiro atoms. The fraction of sp³-hybridized carbons (Fsp3) is 0.364. The molecule has 0 aliphatic rings. The lowest BCUT2D eigenvalue weighted by atomic mass is 10.1. The van der Waals surface area contributed by atoms with Crippen molar-refractivity contribution in [3.8, 4) is 0 Å². The minimum atomic E-state index is 0.0965. The zero-order valence-electron chi connectivity index (χ0n) is 8.60. The maximum absolute atomic E-state index is 10.8. The number of hydrogen-bond donors (Lipinski definition) is 0. The molecule has 1 rings (SSSR count). The minimum absolute atomic E-state index is 0.0965. The highest BCUT2D eigenvalue weighted by Crippen LogP contribution is 2.21. The Morgan fingerprint density at radius 1 is 1.29 bits per heavy atom. The Morgan fingerprint density at radius 3 is 2.29 bits per heavy atom. The van der Waals surface area contributed by atoms with Gasteiger partial charge in [0.25, 0.3) is 0 Å². The van der Waals surface area contributed by atoms with Gasteiger partial charge >= 0.3 is 0 Å². The van der Waals surface area contributed by atoms with Crippen LogP contribution in [0.5, 0.6) is 0 Å². The van der Waals surface area contributed by atoms with Crippen LogP contribution in [-0.4, -0.2) is 5.78 Å². The van der Waals surface area contributed by atoms with Crippen LogP contribution in [-0.2, 0) is 11.2 Å². The van der Waals surface area contributed by atoms with Gasteiger partial charge in [-0.05, 0) is 24.6 Å². The largest absolute Gasteiger partial charge is 0.300 e. The second-order valence-corrected chi connectivity index (χ2v) is 3.46. The number of carbonyl (C=O) groups is 1. The average molecular weight is 233 g/mol. The minimum Gasteiger partial charge on any atom is -0.300 e. The summed E-state index contributed by atoms with van der Waals surface area (Å²) in [6.45, 7) is 5.53. The van der Waals surface area contributed by atoms with Gasteiger partial charge in [0.1, 0.15) is 5.78 Å². The smallest absolute Gasteiger partial charge is 0.134 e. The topological polar surface area (TPSA) is 17.1 Å². The molecule has 0 heterocycles. The van der Waals surface area contributed by atoms with Crippen LogP contribution in [0.3, 0.4) is 0 Å². The molecule has 0 aliphatic heterocycles. The Bertz CT molecular complexity index is 308. The first kappa shape index (κ1) is 13.5. The van der Waals surface area contributed by atoms with Crippen molar-refractivity contribution in [1.29, 1.82) is 0 Å². The van der Waals surface area contributed by atoms with Crippen molar-refractivity contribution in [3.05, 3.63) is 33.8 Å². The van der Waals surface area contributed by atoms with Crippen LogP contribution in [0.1, 0.15) is 26.3 Å². The first-order valence-corrected chi connectivity index (χ1v) is 5.28. The summed E-state index contributed by atoms with van der Waals surface area (Å²) in [5.74, 6) is 0.0965. The molecule has 0 saturated carbocycles. The van der Waals surface area contributed by atoms with Crippen LogP contribution in [0.25, 0.3) is 0 Å². The van der Waals surface area contributed by atoms with E-state index in [-0.39, 0.29) is 5.78 Å². The van der Waals surface area contributed by atoms with Crippen molar-refractivity contribution < 1.29 is 4.79 Å². The maximum Gasteiger partial charge on any atom is 0.134 e. The molecular formula is C11H14Cl2O. The van der Waals surface area contributed by atoms with Gasteiger partial charge < -0.3 is 0 Å². The van der Waals surface area contributed by atoms with Gasteiger partial charge in [0, 0.05) is 16.5 Å². The van der Waals surface area contributed by atoms with E-state index in [0.717, 1.165) is 5.56 Å². The SMILES string of the molecule is CC.CC(=O)Cc1ccc(Cl)cc1Cl. The Labute approximate surface area is 95.0 Å². The van der Waals surface area contributed by atoms with Crippen molar-refractivity contribution in [2.75, 3.05) is 0 Å². The fourth-order valence-electron chi connectivity index (χ4n) is 0.933. The highest BCUT2D eigenvalue weighted by atomic mass is 35.5. The number of hydrogen-bond acceptors (Lipinski definition) is 1. The summed E-state index contributed by atoms with van der Waals surface area (Å²) < 4.78 is 0. The van der Waals surface area contributed by atoms with Gasteiger partial charge in [0.05, 0.1) is 0 Å². The number of benzene rings is 1. The molecule has 0 bridgehead atoms. The predicted octanol–water partition coefficient (Wildman–Crippen LogP) is 4.15. The summed E-state index contributed by atoms with van der Waals surface area (Å²) in [6, 6.07) is 5.14. The van der Waals surface area contributed by atoms with Crippen LogP contribution < -0.4 is 0 Å². The quantitative estimate of drug-likeness (QED) is 0.749. The van der Waals surface area contributed by atoms with Gasteiger partial charge in [-0.1, -0.05) is 43.1 Å². The maximum atomic E-state index is 10.8. The molecule has 0 fully saturated rings. The molecule has 0 amide bonds. The number of carbonyl (C=O) groups excluding carboxylic acids is 1. The van der Waals surface area contributed by atoms with Gasteiger partial charge in [0.2, 0.25) is 0 Å². The first-order valence-electron chi connectivity index (χ1n) is 4.53. The van der Waals surface area contributed by atoms with Gasteiger partial charge in [-0.25, -0.2) is 0 Å². The molecule has 0 radical (unpaired) electrons. The monoisotopic (exact) mass is 232 g/mol. The third kappa shape index (κ3) is 4.64. The van der Waals surface area contributed by atoms with E-state index in [9.17, 15) is 4.79 Å². The normalized spacial score (nSPS) is 8.93. The summed E-state index contributed by atoms with van der Waals surface area (Å²) in [5.41, 5.74) is 0.827. The van der Waals surface area contributed by atoms with Crippen LogP contribution >= 0.6 is 23.2 Å². The molecule has 0 aliphatic carbocycles. The molecule has 0 atom stereocenters. The Morgan fingerprint density at radius 2 is 1.86 bits per heavy atom. The van der Waals surface area contributed by atoms with E-state index in [0.29, 0.717) is 16.5 Å². The van der Waals surface area contributed by atoms with E-state index in [1.165, 1.54) is 6.92 Å². The van der Waals surface area contributed by atoms with Gasteiger partial charge in [-0.15, -0.1) is 0 Å². The van der Waals surface area contributed by atoms with Crippen molar-refractivity contribution in [3.63, 3.8) is 0 Å². The van der Waals surface area contributed by atoms with E-state index < -0.39 is 0 Å². The summed E-state index contributed by atoms with van der Waals surface area (Å²) in [5, 5.41) is 1.14. The summed E-state index contributed by atoms with van der Waals surface area (Å²) >= 11 is 11.5. The van der Waals surface area contributed by atoms with Crippen molar-refractivity contribution in [1.82, 2.24) is 0 Å². The summed E-state index contributed by atoms with van der Waals surface area (Å²) in [6.07, 6.45) is 0.371. The second-order valence-electron chi connectivity index (χ2n) is 2.61.